The predicted octanol–water partition coefficient (Wildman–Crippen LogP) is 4.53. The fraction of sp³-hybridized carbons (Fsp3) is 0.600. The normalized spacial score (nSPS) is 16.2. The van der Waals surface area contributed by atoms with E-state index in [0.29, 0.717) is 0 Å². The van der Waals surface area contributed by atoms with Crippen molar-refractivity contribution in [1.29, 1.82) is 0 Å². The zero-order chi connectivity index (χ0) is 13.2. The van der Waals surface area contributed by atoms with Gasteiger partial charge in [-0.2, -0.15) is 0 Å². The molecule has 1 aliphatic rings. The third-order valence-electron chi connectivity index (χ3n) is 3.88. The molecule has 0 unspecified atom stereocenters. The van der Waals surface area contributed by atoms with E-state index in [4.69, 9.17) is 12.2 Å². The van der Waals surface area contributed by atoms with Crippen LogP contribution in [0.2, 0.25) is 0 Å². The Labute approximate surface area is 111 Å². The number of nitrogens with zero attached hydrogens (tertiary/aromatic N) is 1. The molecular formula is C15H23NS. The minimum atomic E-state index is 0.193. The second kappa shape index (κ2) is 5.26. The lowest BCUT2D eigenvalue weighted by Crippen LogP contribution is -2.14. The molecule has 0 saturated heterocycles. The van der Waals surface area contributed by atoms with Gasteiger partial charge in [0, 0.05) is 10.6 Å². The summed E-state index contributed by atoms with van der Waals surface area (Å²) in [5.41, 5.74) is 5.22. The van der Waals surface area contributed by atoms with Crippen molar-refractivity contribution >= 4 is 22.8 Å². The van der Waals surface area contributed by atoms with Crippen LogP contribution < -0.4 is 0 Å². The molecule has 94 valence electrons. The third kappa shape index (κ3) is 3.35. The molecule has 0 aromatic rings. The minimum absolute atomic E-state index is 0.193. The van der Waals surface area contributed by atoms with Crippen LogP contribution in [0, 0.1) is 5.41 Å². The molecule has 17 heavy (non-hydrogen) atoms. The van der Waals surface area contributed by atoms with Crippen LogP contribution in [0.4, 0.5) is 0 Å². The van der Waals surface area contributed by atoms with Gasteiger partial charge >= 0.3 is 0 Å². The Bertz CT molecular complexity index is 411. The highest BCUT2D eigenvalue weighted by Gasteiger charge is 2.22. The SMILES string of the molecule is C=C(C)C(C)(C)CCC1=NCC(C(C)=S)=C1C. The Balaban J connectivity index is 2.68. The lowest BCUT2D eigenvalue weighted by Gasteiger charge is -2.25. The predicted molar refractivity (Wildman–Crippen MR) is 81.1 cm³/mol. The summed E-state index contributed by atoms with van der Waals surface area (Å²) in [6, 6.07) is 0. The van der Waals surface area contributed by atoms with Crippen LogP contribution in [-0.2, 0) is 0 Å². The molecule has 0 aliphatic carbocycles. The van der Waals surface area contributed by atoms with Gasteiger partial charge in [-0.3, -0.25) is 4.99 Å². The van der Waals surface area contributed by atoms with Gasteiger partial charge in [0.25, 0.3) is 0 Å². The van der Waals surface area contributed by atoms with E-state index in [1.54, 1.807) is 0 Å². The van der Waals surface area contributed by atoms with Crippen molar-refractivity contribution in [3.05, 3.63) is 23.3 Å². The van der Waals surface area contributed by atoms with Gasteiger partial charge in [-0.05, 0) is 50.2 Å². The molecule has 0 amide bonds. The van der Waals surface area contributed by atoms with Gasteiger partial charge in [-0.25, -0.2) is 0 Å². The molecule has 2 heteroatoms. The van der Waals surface area contributed by atoms with Gasteiger partial charge in [0.15, 0.2) is 0 Å². The molecular weight excluding hydrogens is 226 g/mol. The van der Waals surface area contributed by atoms with Crippen molar-refractivity contribution in [1.82, 2.24) is 0 Å². The fourth-order valence-electron chi connectivity index (χ4n) is 1.87. The molecule has 0 spiro atoms. The number of aliphatic imine (C=N–C) groups is 1. The molecule has 0 fully saturated rings. The maximum Gasteiger partial charge on any atom is 0.0657 e. The zero-order valence-corrected chi connectivity index (χ0v) is 12.5. The molecule has 0 aromatic heterocycles. The Morgan fingerprint density at radius 1 is 1.41 bits per heavy atom. The van der Waals surface area contributed by atoms with Crippen LogP contribution in [0.15, 0.2) is 28.3 Å². The maximum atomic E-state index is 5.24. The first-order chi connectivity index (χ1) is 7.75. The van der Waals surface area contributed by atoms with Crippen LogP contribution in [0.25, 0.3) is 0 Å². The standard InChI is InChI=1S/C15H23NS/c1-10(2)15(5,6)8-7-14-11(3)13(9-16-14)12(4)17/h1,7-9H2,2-6H3. The van der Waals surface area contributed by atoms with Crippen molar-refractivity contribution in [3.63, 3.8) is 0 Å². The van der Waals surface area contributed by atoms with E-state index in [0.717, 1.165) is 24.3 Å². The maximum absolute atomic E-state index is 5.24. The second-order valence-corrected chi connectivity index (χ2v) is 6.20. The topological polar surface area (TPSA) is 12.4 Å². The zero-order valence-electron chi connectivity index (χ0n) is 11.7. The number of allylic oxidation sites excluding steroid dienone is 2. The van der Waals surface area contributed by atoms with E-state index >= 15 is 0 Å². The van der Waals surface area contributed by atoms with Crippen LogP contribution >= 0.6 is 12.2 Å². The average molecular weight is 249 g/mol. The summed E-state index contributed by atoms with van der Waals surface area (Å²) in [7, 11) is 0. The summed E-state index contributed by atoms with van der Waals surface area (Å²) < 4.78 is 0. The van der Waals surface area contributed by atoms with Crippen molar-refractivity contribution < 1.29 is 0 Å². The average Bonchev–Trinajstić information content (AvgIpc) is 2.56. The Morgan fingerprint density at radius 3 is 2.41 bits per heavy atom. The summed E-state index contributed by atoms with van der Waals surface area (Å²) >= 11 is 5.24. The molecule has 1 aliphatic heterocycles. The summed E-state index contributed by atoms with van der Waals surface area (Å²) in [6.45, 7) is 15.6. The largest absolute Gasteiger partial charge is 0.285 e. The summed E-state index contributed by atoms with van der Waals surface area (Å²) in [5, 5.41) is 0. The second-order valence-electron chi connectivity index (χ2n) is 5.59. The quantitative estimate of drug-likeness (QED) is 0.515. The summed E-state index contributed by atoms with van der Waals surface area (Å²) in [6.07, 6.45) is 2.13. The molecule has 1 nitrogen and oxygen atoms in total. The van der Waals surface area contributed by atoms with Gasteiger partial charge in [0.2, 0.25) is 0 Å². The van der Waals surface area contributed by atoms with Crippen LogP contribution in [0.5, 0.6) is 0 Å². The lowest BCUT2D eigenvalue weighted by molar-refractivity contribution is 0.418. The van der Waals surface area contributed by atoms with Crippen molar-refractivity contribution in [2.75, 3.05) is 6.54 Å². The summed E-state index contributed by atoms with van der Waals surface area (Å²) in [5.74, 6) is 0. The van der Waals surface area contributed by atoms with Gasteiger partial charge in [0.05, 0.1) is 6.54 Å². The van der Waals surface area contributed by atoms with E-state index < -0.39 is 0 Å². The first-order valence-corrected chi connectivity index (χ1v) is 6.57. The van der Waals surface area contributed by atoms with Gasteiger partial charge in [-0.1, -0.05) is 38.2 Å². The van der Waals surface area contributed by atoms with E-state index in [9.17, 15) is 0 Å². The molecule has 0 saturated carbocycles. The summed E-state index contributed by atoms with van der Waals surface area (Å²) in [4.78, 5) is 5.59. The molecule has 0 bridgehead atoms. The number of thiocarbonyl (C=S) groups is 1. The van der Waals surface area contributed by atoms with Crippen molar-refractivity contribution in [3.8, 4) is 0 Å². The van der Waals surface area contributed by atoms with E-state index in [1.807, 2.05) is 6.92 Å². The first-order valence-electron chi connectivity index (χ1n) is 6.16. The molecule has 0 atom stereocenters. The van der Waals surface area contributed by atoms with Crippen molar-refractivity contribution in [2.45, 2.75) is 47.5 Å². The van der Waals surface area contributed by atoms with Crippen LogP contribution in [-0.4, -0.2) is 17.1 Å². The number of hydrogen-bond acceptors (Lipinski definition) is 2. The Kier molecular flexibility index (Phi) is 4.42. The minimum Gasteiger partial charge on any atom is -0.285 e. The van der Waals surface area contributed by atoms with Crippen LogP contribution in [0.3, 0.4) is 0 Å². The molecule has 1 heterocycles. The highest BCUT2D eigenvalue weighted by atomic mass is 32.1. The highest BCUT2D eigenvalue weighted by molar-refractivity contribution is 7.80. The van der Waals surface area contributed by atoms with E-state index in [1.165, 1.54) is 22.4 Å². The smallest absolute Gasteiger partial charge is 0.0657 e. The monoisotopic (exact) mass is 249 g/mol. The van der Waals surface area contributed by atoms with E-state index in [-0.39, 0.29) is 5.41 Å². The number of hydrogen-bond donors (Lipinski definition) is 0. The Hall–Kier alpha value is -0.760. The highest BCUT2D eigenvalue weighted by Crippen LogP contribution is 2.31. The van der Waals surface area contributed by atoms with Crippen molar-refractivity contribution in [2.24, 2.45) is 10.4 Å². The fourth-order valence-corrected chi connectivity index (χ4v) is 2.09. The van der Waals surface area contributed by atoms with Gasteiger partial charge in [-0.15, -0.1) is 0 Å². The molecule has 1 rings (SSSR count). The third-order valence-corrected chi connectivity index (χ3v) is 4.13. The molecule has 0 N–H and O–H groups in total. The lowest BCUT2D eigenvalue weighted by atomic mass is 9.80. The Morgan fingerprint density at radius 2 is 2.00 bits per heavy atom. The number of rotatable bonds is 5. The van der Waals surface area contributed by atoms with E-state index in [2.05, 4.69) is 39.3 Å². The van der Waals surface area contributed by atoms with Gasteiger partial charge in [0.1, 0.15) is 0 Å². The van der Waals surface area contributed by atoms with Gasteiger partial charge < -0.3 is 0 Å². The molecule has 0 radical (unpaired) electrons. The van der Waals surface area contributed by atoms with Crippen LogP contribution in [0.1, 0.15) is 47.5 Å². The molecule has 0 aromatic carbocycles. The first kappa shape index (κ1) is 14.3.